The zero-order chi connectivity index (χ0) is 29.2. The maximum atomic E-state index is 13.2. The van der Waals surface area contributed by atoms with Crippen molar-refractivity contribution in [2.45, 2.75) is 38.3 Å². The Balaban J connectivity index is 2.05. The monoisotopic (exact) mass is 592 g/mol. The molecule has 16 heteroatoms. The van der Waals surface area contributed by atoms with Gasteiger partial charge in [-0.1, -0.05) is 32.4 Å². The third-order valence-electron chi connectivity index (χ3n) is 4.73. The molecule has 212 valence electrons. The van der Waals surface area contributed by atoms with Gasteiger partial charge in [0.25, 0.3) is 5.95 Å². The summed E-state index contributed by atoms with van der Waals surface area (Å²) < 4.78 is 79.1. The van der Waals surface area contributed by atoms with Crippen LogP contribution in [0.15, 0.2) is 41.4 Å². The van der Waals surface area contributed by atoms with Crippen LogP contribution in [0.25, 0.3) is 5.65 Å². The van der Waals surface area contributed by atoms with Crippen molar-refractivity contribution in [2.24, 2.45) is 5.41 Å². The van der Waals surface area contributed by atoms with Crippen LogP contribution in [-0.4, -0.2) is 60.9 Å². The van der Waals surface area contributed by atoms with Crippen molar-refractivity contribution < 1.29 is 45.4 Å². The Morgan fingerprint density at radius 2 is 1.79 bits per heavy atom. The van der Waals surface area contributed by atoms with Crippen molar-refractivity contribution in [3.8, 4) is 5.75 Å². The molecular weight excluding hydrogens is 569 g/mol. The van der Waals surface area contributed by atoms with Gasteiger partial charge in [-0.05, 0) is 29.7 Å². The van der Waals surface area contributed by atoms with Gasteiger partial charge in [-0.25, -0.2) is 22.6 Å². The summed E-state index contributed by atoms with van der Waals surface area (Å²) in [6.45, 7) is 2.77. The molecule has 0 atom stereocenters. The van der Waals surface area contributed by atoms with Gasteiger partial charge in [0.15, 0.2) is 22.1 Å². The second-order valence-electron chi connectivity index (χ2n) is 9.48. The molecule has 11 nitrogen and oxygen atoms in total. The van der Waals surface area contributed by atoms with Gasteiger partial charge < -0.3 is 14.2 Å². The molecule has 2 aromatic heterocycles. The molecule has 0 fully saturated rings. The number of alkyl halides is 3. The Kier molecular flexibility index (Phi) is 8.65. The number of fused-ring (bicyclic) bond motifs is 1. The summed E-state index contributed by atoms with van der Waals surface area (Å²) in [6.07, 6.45) is -3.82. The van der Waals surface area contributed by atoms with E-state index in [2.05, 4.69) is 10.1 Å². The van der Waals surface area contributed by atoms with E-state index in [9.17, 15) is 31.2 Å². The lowest BCUT2D eigenvalue weighted by atomic mass is 9.93. The predicted molar refractivity (Wildman–Crippen MR) is 133 cm³/mol. The summed E-state index contributed by atoms with van der Waals surface area (Å²) in [4.78, 5) is 29.7. The molecule has 0 aliphatic carbocycles. The second-order valence-corrected chi connectivity index (χ2v) is 11.9. The first-order valence-electron chi connectivity index (χ1n) is 11.1. The summed E-state index contributed by atoms with van der Waals surface area (Å²) in [5.74, 6) is -1.67. The minimum Gasteiger partial charge on any atom is -0.482 e. The summed E-state index contributed by atoms with van der Waals surface area (Å²) in [7, 11) is -3.87. The van der Waals surface area contributed by atoms with Crippen molar-refractivity contribution in [1.29, 1.82) is 0 Å². The van der Waals surface area contributed by atoms with Crippen molar-refractivity contribution in [2.75, 3.05) is 24.6 Å². The molecule has 0 aliphatic heterocycles. The standard InChI is InChI=1S/C23H24ClF3N4O7S/c1-22(2,3)10-19(32)37-13-38-21(33)31(20-28-18-8-5-14(24)11-30(18)29-20)16-7-6-15(39(4,34)35)9-17(16)36-12-23(25,26)27/h5-9,11H,10,12-13H2,1-4H3. The van der Waals surface area contributed by atoms with Crippen molar-refractivity contribution in [1.82, 2.24) is 14.6 Å². The van der Waals surface area contributed by atoms with E-state index in [0.717, 1.165) is 24.5 Å². The van der Waals surface area contributed by atoms with Gasteiger partial charge in [-0.2, -0.15) is 18.2 Å². The molecule has 2 heterocycles. The van der Waals surface area contributed by atoms with Crippen LogP contribution in [0.1, 0.15) is 27.2 Å². The normalized spacial score (nSPS) is 12.3. The maximum absolute atomic E-state index is 13.2. The number of halogens is 4. The number of aromatic nitrogens is 3. The van der Waals surface area contributed by atoms with Gasteiger partial charge in [0.1, 0.15) is 5.75 Å². The molecule has 1 aromatic carbocycles. The molecule has 0 unspecified atom stereocenters. The van der Waals surface area contributed by atoms with E-state index in [1.807, 2.05) is 0 Å². The van der Waals surface area contributed by atoms with E-state index in [1.54, 1.807) is 20.8 Å². The molecule has 0 saturated heterocycles. The molecule has 0 saturated carbocycles. The zero-order valence-corrected chi connectivity index (χ0v) is 22.7. The first-order valence-corrected chi connectivity index (χ1v) is 13.4. The van der Waals surface area contributed by atoms with Crippen LogP contribution in [0.4, 0.5) is 29.6 Å². The largest absolute Gasteiger partial charge is 0.482 e. The summed E-state index contributed by atoms with van der Waals surface area (Å²) >= 11 is 5.97. The van der Waals surface area contributed by atoms with Crippen LogP contribution >= 0.6 is 11.6 Å². The molecule has 3 aromatic rings. The lowest BCUT2D eigenvalue weighted by Gasteiger charge is -2.22. The number of carbonyl (C=O) groups is 2. The van der Waals surface area contributed by atoms with Crippen LogP contribution in [0.3, 0.4) is 0 Å². The molecular formula is C23H24ClF3N4O7S. The lowest BCUT2D eigenvalue weighted by Crippen LogP contribution is -2.30. The van der Waals surface area contributed by atoms with Crippen LogP contribution < -0.4 is 9.64 Å². The average Bonchev–Trinajstić information content (AvgIpc) is 3.18. The smallest absolute Gasteiger partial charge is 0.424 e. The minimum absolute atomic E-state index is 0.0192. The third kappa shape index (κ3) is 8.45. The predicted octanol–water partition coefficient (Wildman–Crippen LogP) is 4.94. The SMILES string of the molecule is CC(C)(C)CC(=O)OCOC(=O)N(c1nc2ccc(Cl)cn2n1)c1ccc(S(C)(=O)=O)cc1OCC(F)(F)F. The number of pyridine rings is 1. The molecule has 1 amide bonds. The molecule has 0 spiro atoms. The first kappa shape index (κ1) is 30.0. The minimum atomic E-state index is -4.79. The quantitative estimate of drug-likeness (QED) is 0.264. The molecule has 3 rings (SSSR count). The average molecular weight is 593 g/mol. The highest BCUT2D eigenvalue weighted by Crippen LogP contribution is 2.36. The number of nitrogens with zero attached hydrogens (tertiary/aromatic N) is 4. The van der Waals surface area contributed by atoms with Crippen LogP contribution in [0.2, 0.25) is 5.02 Å². The second kappa shape index (κ2) is 11.3. The summed E-state index contributed by atoms with van der Waals surface area (Å²) in [6, 6.07) is 5.87. The van der Waals surface area contributed by atoms with Crippen LogP contribution in [-0.2, 0) is 24.1 Å². The zero-order valence-electron chi connectivity index (χ0n) is 21.2. The Morgan fingerprint density at radius 3 is 2.41 bits per heavy atom. The van der Waals surface area contributed by atoms with E-state index < -0.39 is 52.6 Å². The number of carbonyl (C=O) groups excluding carboxylic acids is 2. The Labute approximate surface area is 226 Å². The number of ether oxygens (including phenoxy) is 3. The summed E-state index contributed by atoms with van der Waals surface area (Å²) in [5, 5.41) is 4.40. The number of hydrogen-bond acceptors (Lipinski definition) is 9. The number of benzene rings is 1. The number of anilines is 2. The summed E-state index contributed by atoms with van der Waals surface area (Å²) in [5.41, 5.74) is -0.574. The molecule has 39 heavy (non-hydrogen) atoms. The third-order valence-corrected chi connectivity index (χ3v) is 6.07. The Hall–Kier alpha value is -3.59. The van der Waals surface area contributed by atoms with Crippen LogP contribution in [0, 0.1) is 5.41 Å². The van der Waals surface area contributed by atoms with Gasteiger partial charge in [-0.15, -0.1) is 5.10 Å². The molecule has 0 bridgehead atoms. The fourth-order valence-corrected chi connectivity index (χ4v) is 3.90. The number of rotatable bonds is 8. The van der Waals surface area contributed by atoms with Gasteiger partial charge in [0.2, 0.25) is 6.79 Å². The highest BCUT2D eigenvalue weighted by Gasteiger charge is 2.32. The Bertz CT molecular complexity index is 1490. The van der Waals surface area contributed by atoms with Crippen molar-refractivity contribution >= 4 is 50.8 Å². The lowest BCUT2D eigenvalue weighted by molar-refractivity contribution is -0.154. The fraction of sp³-hybridized carbons (Fsp3) is 0.391. The molecule has 0 radical (unpaired) electrons. The molecule has 0 aliphatic rings. The fourth-order valence-electron chi connectivity index (χ4n) is 3.11. The van der Waals surface area contributed by atoms with E-state index in [-0.39, 0.29) is 33.6 Å². The Morgan fingerprint density at radius 1 is 1.10 bits per heavy atom. The number of esters is 1. The number of amides is 1. The number of hydrogen-bond donors (Lipinski definition) is 0. The van der Waals surface area contributed by atoms with Gasteiger partial charge in [0, 0.05) is 18.5 Å². The van der Waals surface area contributed by atoms with Gasteiger partial charge in [-0.3, -0.25) is 4.79 Å². The maximum Gasteiger partial charge on any atom is 0.424 e. The number of sulfone groups is 1. The van der Waals surface area contributed by atoms with Gasteiger partial charge >= 0.3 is 18.2 Å². The van der Waals surface area contributed by atoms with Gasteiger partial charge in [0.05, 0.1) is 22.0 Å². The van der Waals surface area contributed by atoms with E-state index in [1.165, 1.54) is 22.8 Å². The van der Waals surface area contributed by atoms with E-state index in [0.29, 0.717) is 4.90 Å². The first-order chi connectivity index (χ1) is 17.9. The van der Waals surface area contributed by atoms with Crippen molar-refractivity contribution in [3.05, 3.63) is 41.6 Å². The van der Waals surface area contributed by atoms with Crippen LogP contribution in [0.5, 0.6) is 5.75 Å². The molecule has 0 N–H and O–H groups in total. The highest BCUT2D eigenvalue weighted by molar-refractivity contribution is 7.90. The van der Waals surface area contributed by atoms with E-state index in [4.69, 9.17) is 25.8 Å². The topological polar surface area (TPSA) is 129 Å². The highest BCUT2D eigenvalue weighted by atomic mass is 35.5. The van der Waals surface area contributed by atoms with E-state index >= 15 is 0 Å². The van der Waals surface area contributed by atoms with Crippen molar-refractivity contribution in [3.63, 3.8) is 0 Å².